The largest absolute Gasteiger partial charge is 0.448 e. The molecule has 0 N–H and O–H groups in total. The first-order valence-electron chi connectivity index (χ1n) is 11.3. The van der Waals surface area contributed by atoms with E-state index in [9.17, 15) is 14.4 Å². The molecule has 4 rings (SSSR count). The smallest absolute Gasteiger partial charge is 0.363 e. The second kappa shape index (κ2) is 10.4. The van der Waals surface area contributed by atoms with Gasteiger partial charge in [-0.05, 0) is 31.5 Å². The molecule has 176 valence electrons. The number of hydrogen-bond acceptors (Lipinski definition) is 6. The number of hydrogen-bond donors (Lipinski definition) is 0. The molecule has 34 heavy (non-hydrogen) atoms. The first-order valence-corrected chi connectivity index (χ1v) is 11.3. The fraction of sp³-hybridized carbons (Fsp3) is 0.308. The highest BCUT2D eigenvalue weighted by Crippen LogP contribution is 2.12. The van der Waals surface area contributed by atoms with Crippen molar-refractivity contribution in [2.24, 2.45) is 0 Å². The molecular formula is C26H28N4O4. The van der Waals surface area contributed by atoms with Crippen molar-refractivity contribution >= 4 is 11.9 Å². The van der Waals surface area contributed by atoms with Crippen LogP contribution in [0.15, 0.2) is 71.5 Å². The van der Waals surface area contributed by atoms with Crippen molar-refractivity contribution in [2.75, 3.05) is 26.2 Å². The van der Waals surface area contributed by atoms with Crippen molar-refractivity contribution in [1.29, 1.82) is 0 Å². The van der Waals surface area contributed by atoms with E-state index in [4.69, 9.17) is 4.74 Å². The van der Waals surface area contributed by atoms with Crippen molar-refractivity contribution in [3.8, 4) is 5.69 Å². The summed E-state index contributed by atoms with van der Waals surface area (Å²) in [6.45, 7) is 6.68. The molecule has 3 aromatic rings. The fourth-order valence-electron chi connectivity index (χ4n) is 4.01. The molecule has 8 nitrogen and oxygen atoms in total. The molecule has 0 spiro atoms. The molecule has 1 saturated heterocycles. The summed E-state index contributed by atoms with van der Waals surface area (Å²) < 4.78 is 6.88. The third kappa shape index (κ3) is 5.40. The number of amides is 1. The van der Waals surface area contributed by atoms with E-state index in [-0.39, 0.29) is 11.6 Å². The van der Waals surface area contributed by atoms with E-state index in [1.807, 2.05) is 48.5 Å². The maximum absolute atomic E-state index is 12.9. The average Bonchev–Trinajstić information content (AvgIpc) is 2.85. The van der Waals surface area contributed by atoms with Gasteiger partial charge in [-0.15, -0.1) is 0 Å². The second-order valence-electron chi connectivity index (χ2n) is 8.38. The summed E-state index contributed by atoms with van der Waals surface area (Å²) >= 11 is 0. The van der Waals surface area contributed by atoms with E-state index in [1.165, 1.54) is 23.2 Å². The number of para-hydroxylation sites is 1. The predicted molar refractivity (Wildman–Crippen MR) is 128 cm³/mol. The summed E-state index contributed by atoms with van der Waals surface area (Å²) in [5.41, 5.74) is 1.65. The topological polar surface area (TPSA) is 84.7 Å². The predicted octanol–water partition coefficient (Wildman–Crippen LogP) is 2.43. The lowest BCUT2D eigenvalue weighted by Gasteiger charge is -2.35. The molecule has 1 fully saturated rings. The molecule has 1 amide bonds. The van der Waals surface area contributed by atoms with Gasteiger partial charge in [0.25, 0.3) is 5.91 Å². The summed E-state index contributed by atoms with van der Waals surface area (Å²) in [4.78, 5) is 42.0. The summed E-state index contributed by atoms with van der Waals surface area (Å²) in [7, 11) is 0. The lowest BCUT2D eigenvalue weighted by molar-refractivity contribution is -0.141. The molecule has 1 aromatic heterocycles. The number of carbonyl (C=O) groups excluding carboxylic acids is 2. The Morgan fingerprint density at radius 1 is 0.971 bits per heavy atom. The number of carbonyl (C=O) groups is 2. The second-order valence-corrected chi connectivity index (χ2v) is 8.38. The Hall–Kier alpha value is -3.78. The van der Waals surface area contributed by atoms with Crippen LogP contribution in [0.25, 0.3) is 5.69 Å². The maximum Gasteiger partial charge on any atom is 0.363 e. The molecule has 1 aliphatic heterocycles. The average molecular weight is 461 g/mol. The van der Waals surface area contributed by atoms with Crippen molar-refractivity contribution in [1.82, 2.24) is 19.6 Å². The molecule has 2 aromatic carbocycles. The minimum atomic E-state index is -1.01. The van der Waals surface area contributed by atoms with Crippen LogP contribution in [0.5, 0.6) is 0 Å². The van der Waals surface area contributed by atoms with Crippen molar-refractivity contribution < 1.29 is 14.3 Å². The Kier molecular flexibility index (Phi) is 7.18. The minimum absolute atomic E-state index is 0.275. The van der Waals surface area contributed by atoms with Crippen LogP contribution in [0, 0.1) is 6.92 Å². The Balaban J connectivity index is 1.37. The molecular weight excluding hydrogens is 432 g/mol. The van der Waals surface area contributed by atoms with Crippen molar-refractivity contribution in [3.05, 3.63) is 93.9 Å². The van der Waals surface area contributed by atoms with Crippen LogP contribution in [-0.2, 0) is 16.1 Å². The summed E-state index contributed by atoms with van der Waals surface area (Å²) in [6, 6.07) is 20.7. The number of benzene rings is 2. The van der Waals surface area contributed by atoms with Gasteiger partial charge in [-0.3, -0.25) is 14.5 Å². The molecule has 0 radical (unpaired) electrons. The molecule has 1 atom stereocenters. The number of rotatable bonds is 6. The first-order chi connectivity index (χ1) is 16.4. The Labute approximate surface area is 198 Å². The van der Waals surface area contributed by atoms with E-state index in [1.54, 1.807) is 11.8 Å². The van der Waals surface area contributed by atoms with Gasteiger partial charge in [0.15, 0.2) is 6.10 Å². The summed E-state index contributed by atoms with van der Waals surface area (Å²) in [5.74, 6) is -1.18. The van der Waals surface area contributed by atoms with Gasteiger partial charge in [0, 0.05) is 44.5 Å². The van der Waals surface area contributed by atoms with Crippen LogP contribution < -0.4 is 5.43 Å². The van der Waals surface area contributed by atoms with Crippen molar-refractivity contribution in [3.63, 3.8) is 0 Å². The number of piperazine rings is 1. The maximum atomic E-state index is 12.9. The minimum Gasteiger partial charge on any atom is -0.448 e. The quantitative estimate of drug-likeness (QED) is 0.526. The van der Waals surface area contributed by atoms with Crippen LogP contribution in [0.3, 0.4) is 0 Å². The Morgan fingerprint density at radius 3 is 2.24 bits per heavy atom. The number of esters is 1. The van der Waals surface area contributed by atoms with Gasteiger partial charge in [0.1, 0.15) is 0 Å². The van der Waals surface area contributed by atoms with E-state index < -0.39 is 17.5 Å². The standard InChI is InChI=1S/C26H28N4O4/c1-19-17-23(31)24(27-30(19)22-11-7-4-8-12-22)26(33)34-20(2)25(32)29-15-13-28(14-16-29)18-21-9-5-3-6-10-21/h3-12,17,20H,13-16,18H2,1-2H3. The number of aromatic nitrogens is 2. The van der Waals surface area contributed by atoms with Crippen molar-refractivity contribution in [2.45, 2.75) is 26.5 Å². The Morgan fingerprint density at radius 2 is 1.59 bits per heavy atom. The van der Waals surface area contributed by atoms with Gasteiger partial charge in [-0.1, -0.05) is 48.5 Å². The fourth-order valence-corrected chi connectivity index (χ4v) is 4.01. The SMILES string of the molecule is Cc1cc(=O)c(C(=O)OC(C)C(=O)N2CCN(Cc3ccccc3)CC2)nn1-c1ccccc1. The van der Waals surface area contributed by atoms with E-state index in [0.29, 0.717) is 24.5 Å². The molecule has 1 aliphatic rings. The zero-order chi connectivity index (χ0) is 24.1. The number of aryl methyl sites for hydroxylation is 1. The monoisotopic (exact) mass is 460 g/mol. The van der Waals surface area contributed by atoms with Crippen LogP contribution in [0.1, 0.15) is 28.7 Å². The third-order valence-electron chi connectivity index (χ3n) is 5.87. The van der Waals surface area contributed by atoms with Gasteiger partial charge < -0.3 is 9.64 Å². The van der Waals surface area contributed by atoms with Crippen LogP contribution in [0.2, 0.25) is 0 Å². The highest BCUT2D eigenvalue weighted by molar-refractivity contribution is 5.90. The third-order valence-corrected chi connectivity index (χ3v) is 5.87. The highest BCUT2D eigenvalue weighted by Gasteiger charge is 2.29. The molecule has 8 heteroatoms. The van der Waals surface area contributed by atoms with Gasteiger partial charge in [0.05, 0.1) is 5.69 Å². The van der Waals surface area contributed by atoms with E-state index in [2.05, 4.69) is 22.1 Å². The van der Waals surface area contributed by atoms with E-state index >= 15 is 0 Å². The van der Waals surface area contributed by atoms with Gasteiger partial charge >= 0.3 is 5.97 Å². The Bertz CT molecular complexity index is 1200. The highest BCUT2D eigenvalue weighted by atomic mass is 16.5. The lowest BCUT2D eigenvalue weighted by atomic mass is 10.2. The zero-order valence-corrected chi connectivity index (χ0v) is 19.4. The number of ether oxygens (including phenoxy) is 1. The van der Waals surface area contributed by atoms with E-state index in [0.717, 1.165) is 19.6 Å². The molecule has 0 bridgehead atoms. The van der Waals surface area contributed by atoms with Gasteiger partial charge in [0.2, 0.25) is 11.1 Å². The number of nitrogens with zero attached hydrogens (tertiary/aromatic N) is 4. The van der Waals surface area contributed by atoms with Crippen LogP contribution in [0.4, 0.5) is 0 Å². The molecule has 1 unspecified atom stereocenters. The van der Waals surface area contributed by atoms with Gasteiger partial charge in [-0.2, -0.15) is 5.10 Å². The first kappa shape index (κ1) is 23.4. The van der Waals surface area contributed by atoms with Crippen LogP contribution in [-0.4, -0.2) is 63.7 Å². The normalized spacial score (nSPS) is 15.1. The molecule has 2 heterocycles. The molecule has 0 saturated carbocycles. The summed E-state index contributed by atoms with van der Waals surface area (Å²) in [6.07, 6.45) is -1.01. The zero-order valence-electron chi connectivity index (χ0n) is 19.4. The summed E-state index contributed by atoms with van der Waals surface area (Å²) in [5, 5.41) is 4.21. The molecule has 0 aliphatic carbocycles. The van der Waals surface area contributed by atoms with Crippen LogP contribution >= 0.6 is 0 Å². The lowest BCUT2D eigenvalue weighted by Crippen LogP contribution is -2.51. The van der Waals surface area contributed by atoms with Gasteiger partial charge in [-0.25, -0.2) is 9.48 Å².